The summed E-state index contributed by atoms with van der Waals surface area (Å²) in [6.45, 7) is 0. The van der Waals surface area contributed by atoms with Crippen molar-refractivity contribution < 1.29 is 4.52 Å². The molecule has 0 aliphatic carbocycles. The molecule has 1 heterocycles. The van der Waals surface area contributed by atoms with Crippen molar-refractivity contribution >= 4 is 5.88 Å². The summed E-state index contributed by atoms with van der Waals surface area (Å²) in [5, 5.41) is 3.79. The zero-order valence-corrected chi connectivity index (χ0v) is 8.26. The largest absolute Gasteiger partial charge is 0.368 e. The molecule has 0 aliphatic heterocycles. The Morgan fingerprint density at radius 2 is 2.00 bits per heavy atom. The van der Waals surface area contributed by atoms with E-state index in [9.17, 15) is 0 Å². The van der Waals surface area contributed by atoms with E-state index in [2.05, 4.69) is 5.16 Å². The molecule has 4 N–H and O–H groups in total. The van der Waals surface area contributed by atoms with Gasteiger partial charge >= 0.3 is 0 Å². The second-order valence-corrected chi connectivity index (χ2v) is 3.45. The fourth-order valence-electron chi connectivity index (χ4n) is 1.45. The van der Waals surface area contributed by atoms with E-state index < -0.39 is 0 Å². The third-order valence-electron chi connectivity index (χ3n) is 2.22. The Morgan fingerprint density at radius 1 is 1.27 bits per heavy atom. The Kier molecular flexibility index (Phi) is 2.69. The lowest BCUT2D eigenvalue weighted by atomic mass is 10.0. The van der Waals surface area contributed by atoms with Crippen LogP contribution in [0.4, 0.5) is 5.88 Å². The summed E-state index contributed by atoms with van der Waals surface area (Å²) in [7, 11) is 0. The molecule has 0 spiro atoms. The number of nitrogens with two attached hydrogens (primary N) is 2. The third-order valence-corrected chi connectivity index (χ3v) is 2.22. The van der Waals surface area contributed by atoms with Crippen molar-refractivity contribution in [3.05, 3.63) is 47.7 Å². The third kappa shape index (κ3) is 2.35. The normalized spacial score (nSPS) is 12.6. The van der Waals surface area contributed by atoms with Crippen LogP contribution in [0.1, 0.15) is 17.3 Å². The molecule has 15 heavy (non-hydrogen) atoms. The van der Waals surface area contributed by atoms with Crippen LogP contribution in [0, 0.1) is 0 Å². The van der Waals surface area contributed by atoms with Gasteiger partial charge in [-0.25, -0.2) is 0 Å². The zero-order chi connectivity index (χ0) is 10.7. The topological polar surface area (TPSA) is 78.1 Å². The Labute approximate surface area is 87.9 Å². The molecule has 1 aromatic heterocycles. The minimum absolute atomic E-state index is 0.173. The highest BCUT2D eigenvalue weighted by molar-refractivity contribution is 5.27. The molecule has 0 saturated heterocycles. The fourth-order valence-corrected chi connectivity index (χ4v) is 1.45. The molecule has 2 aromatic rings. The van der Waals surface area contributed by atoms with Gasteiger partial charge in [-0.2, -0.15) is 0 Å². The number of nitrogens with zero attached hydrogens (tertiary/aromatic N) is 1. The Balaban J connectivity index is 2.07. The van der Waals surface area contributed by atoms with Crippen LogP contribution in [0.15, 0.2) is 40.9 Å². The van der Waals surface area contributed by atoms with Crippen LogP contribution in [-0.2, 0) is 6.42 Å². The number of hydrogen-bond acceptors (Lipinski definition) is 4. The van der Waals surface area contributed by atoms with Crippen LogP contribution in [0.3, 0.4) is 0 Å². The van der Waals surface area contributed by atoms with Crippen LogP contribution in [-0.4, -0.2) is 5.16 Å². The number of aromatic nitrogens is 1. The minimum atomic E-state index is -0.173. The SMILES string of the molecule is Nc1cc([C@@H](N)Cc2ccccc2)no1. The van der Waals surface area contributed by atoms with Gasteiger partial charge in [-0.05, 0) is 12.0 Å². The van der Waals surface area contributed by atoms with Crippen LogP contribution in [0.25, 0.3) is 0 Å². The first-order valence-corrected chi connectivity index (χ1v) is 4.77. The summed E-state index contributed by atoms with van der Waals surface area (Å²) >= 11 is 0. The summed E-state index contributed by atoms with van der Waals surface area (Å²) in [5.74, 6) is 0.300. The molecule has 0 unspecified atom stereocenters. The summed E-state index contributed by atoms with van der Waals surface area (Å²) in [6, 6.07) is 11.5. The standard InChI is InChI=1S/C11H13N3O/c12-9(10-7-11(13)15-14-10)6-8-4-2-1-3-5-8/h1-5,7,9H,6,12-13H2/t9-/m0/s1. The highest BCUT2D eigenvalue weighted by Crippen LogP contribution is 2.16. The van der Waals surface area contributed by atoms with E-state index in [1.807, 2.05) is 30.3 Å². The maximum absolute atomic E-state index is 5.96. The lowest BCUT2D eigenvalue weighted by molar-refractivity contribution is 0.420. The molecule has 4 nitrogen and oxygen atoms in total. The van der Waals surface area contributed by atoms with Crippen molar-refractivity contribution in [3.8, 4) is 0 Å². The highest BCUT2D eigenvalue weighted by Gasteiger charge is 2.11. The molecular weight excluding hydrogens is 190 g/mol. The molecule has 0 bridgehead atoms. The van der Waals surface area contributed by atoms with Gasteiger partial charge in [0.25, 0.3) is 0 Å². The average molecular weight is 203 g/mol. The predicted molar refractivity (Wildman–Crippen MR) is 58.0 cm³/mol. The second kappa shape index (κ2) is 4.14. The minimum Gasteiger partial charge on any atom is -0.368 e. The van der Waals surface area contributed by atoms with Crippen molar-refractivity contribution in [3.63, 3.8) is 0 Å². The molecule has 2 rings (SSSR count). The van der Waals surface area contributed by atoms with Gasteiger partial charge in [0.2, 0.25) is 5.88 Å². The summed E-state index contributed by atoms with van der Waals surface area (Å²) in [6.07, 6.45) is 0.729. The van der Waals surface area contributed by atoms with Crippen LogP contribution >= 0.6 is 0 Å². The highest BCUT2D eigenvalue weighted by atomic mass is 16.5. The van der Waals surface area contributed by atoms with Crippen molar-refractivity contribution in [2.24, 2.45) is 5.73 Å². The van der Waals surface area contributed by atoms with Crippen LogP contribution in [0.5, 0.6) is 0 Å². The van der Waals surface area contributed by atoms with E-state index in [-0.39, 0.29) is 6.04 Å². The van der Waals surface area contributed by atoms with Crippen molar-refractivity contribution in [1.29, 1.82) is 0 Å². The first kappa shape index (κ1) is 9.73. The molecule has 0 fully saturated rings. The quantitative estimate of drug-likeness (QED) is 0.792. The average Bonchev–Trinajstić information content (AvgIpc) is 2.66. The van der Waals surface area contributed by atoms with E-state index in [1.54, 1.807) is 6.07 Å². The van der Waals surface area contributed by atoms with E-state index in [4.69, 9.17) is 16.0 Å². The molecular formula is C11H13N3O. The maximum atomic E-state index is 5.96. The van der Waals surface area contributed by atoms with Crippen molar-refractivity contribution in [1.82, 2.24) is 5.16 Å². The molecule has 4 heteroatoms. The summed E-state index contributed by atoms with van der Waals surface area (Å²) in [5.41, 5.74) is 13.3. The molecule has 0 aliphatic rings. The Bertz CT molecular complexity index is 424. The fraction of sp³-hybridized carbons (Fsp3) is 0.182. The van der Waals surface area contributed by atoms with Gasteiger partial charge in [0.15, 0.2) is 0 Å². The smallest absolute Gasteiger partial charge is 0.222 e. The van der Waals surface area contributed by atoms with Gasteiger partial charge in [-0.15, -0.1) is 0 Å². The monoisotopic (exact) mass is 203 g/mol. The van der Waals surface area contributed by atoms with Gasteiger partial charge in [-0.3, -0.25) is 0 Å². The molecule has 0 amide bonds. The number of rotatable bonds is 3. The summed E-state index contributed by atoms with van der Waals surface area (Å²) in [4.78, 5) is 0. The Morgan fingerprint density at radius 3 is 2.60 bits per heavy atom. The summed E-state index contributed by atoms with van der Waals surface area (Å²) < 4.78 is 4.77. The number of hydrogen-bond donors (Lipinski definition) is 2. The van der Waals surface area contributed by atoms with Gasteiger partial charge in [0.1, 0.15) is 5.69 Å². The number of anilines is 1. The van der Waals surface area contributed by atoms with Gasteiger partial charge in [0.05, 0.1) is 6.04 Å². The lowest BCUT2D eigenvalue weighted by Crippen LogP contribution is -2.13. The van der Waals surface area contributed by atoms with Gasteiger partial charge < -0.3 is 16.0 Å². The first-order chi connectivity index (χ1) is 7.25. The van der Waals surface area contributed by atoms with Crippen molar-refractivity contribution in [2.75, 3.05) is 5.73 Å². The Hall–Kier alpha value is -1.81. The maximum Gasteiger partial charge on any atom is 0.222 e. The van der Waals surface area contributed by atoms with E-state index in [0.29, 0.717) is 11.6 Å². The van der Waals surface area contributed by atoms with Crippen LogP contribution < -0.4 is 11.5 Å². The van der Waals surface area contributed by atoms with Crippen LogP contribution in [0.2, 0.25) is 0 Å². The van der Waals surface area contributed by atoms with E-state index in [1.165, 1.54) is 5.56 Å². The first-order valence-electron chi connectivity index (χ1n) is 4.77. The number of benzene rings is 1. The van der Waals surface area contributed by atoms with Gasteiger partial charge in [0, 0.05) is 6.07 Å². The predicted octanol–water partition coefficient (Wildman–Crippen LogP) is 1.50. The molecule has 78 valence electrons. The second-order valence-electron chi connectivity index (χ2n) is 3.45. The molecule has 0 saturated carbocycles. The number of nitrogen functional groups attached to an aromatic ring is 1. The molecule has 1 atom stereocenters. The zero-order valence-electron chi connectivity index (χ0n) is 8.26. The molecule has 0 radical (unpaired) electrons. The van der Waals surface area contributed by atoms with E-state index >= 15 is 0 Å². The van der Waals surface area contributed by atoms with E-state index in [0.717, 1.165) is 6.42 Å². The van der Waals surface area contributed by atoms with Gasteiger partial charge in [-0.1, -0.05) is 35.5 Å². The lowest BCUT2D eigenvalue weighted by Gasteiger charge is -2.07. The van der Waals surface area contributed by atoms with Crippen molar-refractivity contribution in [2.45, 2.75) is 12.5 Å². The molecule has 1 aromatic carbocycles.